The predicted octanol–water partition coefficient (Wildman–Crippen LogP) is 1.45. The summed E-state index contributed by atoms with van der Waals surface area (Å²) in [5.74, 6) is -2.42. The molecule has 1 aromatic carbocycles. The maximum Gasteiger partial charge on any atom is 0.220 e. The van der Waals surface area contributed by atoms with E-state index in [1.54, 1.807) is 0 Å². The lowest BCUT2D eigenvalue weighted by atomic mass is 9.99. The van der Waals surface area contributed by atoms with Gasteiger partial charge in [-0.25, -0.2) is 4.39 Å². The molecule has 1 unspecified atom stereocenters. The quantitative estimate of drug-likeness (QED) is 0.804. The van der Waals surface area contributed by atoms with Crippen molar-refractivity contribution in [2.24, 2.45) is 5.92 Å². The summed E-state index contributed by atoms with van der Waals surface area (Å²) >= 11 is 0. The van der Waals surface area contributed by atoms with Crippen LogP contribution < -0.4 is 15.8 Å². The van der Waals surface area contributed by atoms with Crippen LogP contribution in [-0.4, -0.2) is 19.1 Å². The van der Waals surface area contributed by atoms with E-state index in [9.17, 15) is 13.6 Å². The fraction of sp³-hybridized carbons (Fsp3) is 0.417. The molecule has 4 nitrogen and oxygen atoms in total. The summed E-state index contributed by atoms with van der Waals surface area (Å²) in [5, 5.41) is 2.69. The zero-order chi connectivity index (χ0) is 13.1. The lowest BCUT2D eigenvalue weighted by Crippen LogP contribution is -2.35. The van der Waals surface area contributed by atoms with Crippen LogP contribution in [0.5, 0.6) is 5.75 Å². The first-order valence-corrected chi connectivity index (χ1v) is 5.71. The maximum absolute atomic E-state index is 13.4. The number of carbonyl (C=O) groups excluding carboxylic acids is 1. The minimum absolute atomic E-state index is 0.000757. The van der Waals surface area contributed by atoms with Crippen molar-refractivity contribution in [2.75, 3.05) is 18.9 Å². The molecule has 1 fully saturated rings. The number of rotatable bonds is 3. The molecule has 0 spiro atoms. The summed E-state index contributed by atoms with van der Waals surface area (Å²) in [6.07, 6.45) is 1.08. The standard InChI is InChI=1S/C12H14F2N2O2/c13-8-1-2-9(15)12(11(8)14)18-6-7-3-4-16-10(17)5-7/h1-2,7H,3-6,15H2,(H,16,17). The van der Waals surface area contributed by atoms with Crippen LogP contribution in [0.3, 0.4) is 0 Å². The average Bonchev–Trinajstić information content (AvgIpc) is 2.34. The Bertz CT molecular complexity index is 466. The third kappa shape index (κ3) is 2.69. The number of carbonyl (C=O) groups is 1. The van der Waals surface area contributed by atoms with Gasteiger partial charge in [-0.15, -0.1) is 0 Å². The van der Waals surface area contributed by atoms with Gasteiger partial charge in [-0.3, -0.25) is 4.79 Å². The van der Waals surface area contributed by atoms with E-state index in [0.717, 1.165) is 12.5 Å². The summed E-state index contributed by atoms with van der Waals surface area (Å²) in [4.78, 5) is 11.1. The third-order valence-electron chi connectivity index (χ3n) is 2.89. The minimum Gasteiger partial charge on any atom is -0.488 e. The first-order chi connectivity index (χ1) is 8.58. The van der Waals surface area contributed by atoms with E-state index in [4.69, 9.17) is 10.5 Å². The van der Waals surface area contributed by atoms with Crippen LogP contribution in [0, 0.1) is 17.6 Å². The van der Waals surface area contributed by atoms with E-state index in [1.165, 1.54) is 6.07 Å². The van der Waals surface area contributed by atoms with Crippen molar-refractivity contribution in [1.82, 2.24) is 5.32 Å². The van der Waals surface area contributed by atoms with Gasteiger partial charge in [0.05, 0.1) is 12.3 Å². The molecule has 0 bridgehead atoms. The highest BCUT2D eigenvalue weighted by atomic mass is 19.2. The summed E-state index contributed by atoms with van der Waals surface area (Å²) in [6.45, 7) is 0.728. The van der Waals surface area contributed by atoms with E-state index in [0.29, 0.717) is 13.0 Å². The maximum atomic E-state index is 13.4. The SMILES string of the molecule is Nc1ccc(F)c(F)c1OCC1CCNC(=O)C1. The highest BCUT2D eigenvalue weighted by Crippen LogP contribution is 2.28. The summed E-state index contributed by atoms with van der Waals surface area (Å²) in [7, 11) is 0. The molecule has 2 rings (SSSR count). The Balaban J connectivity index is 2.02. The van der Waals surface area contributed by atoms with Crippen LogP contribution in [0.15, 0.2) is 12.1 Å². The minimum atomic E-state index is -1.09. The Morgan fingerprint density at radius 2 is 2.22 bits per heavy atom. The van der Waals surface area contributed by atoms with E-state index >= 15 is 0 Å². The molecule has 1 heterocycles. The van der Waals surface area contributed by atoms with Crippen molar-refractivity contribution in [3.05, 3.63) is 23.8 Å². The molecule has 18 heavy (non-hydrogen) atoms. The van der Waals surface area contributed by atoms with Crippen LogP contribution in [0.2, 0.25) is 0 Å². The van der Waals surface area contributed by atoms with Gasteiger partial charge in [0.25, 0.3) is 0 Å². The van der Waals surface area contributed by atoms with E-state index in [1.807, 2.05) is 0 Å². The van der Waals surface area contributed by atoms with Crippen LogP contribution in [0.4, 0.5) is 14.5 Å². The third-order valence-corrected chi connectivity index (χ3v) is 2.89. The van der Waals surface area contributed by atoms with Crippen molar-refractivity contribution in [1.29, 1.82) is 0 Å². The van der Waals surface area contributed by atoms with E-state index in [2.05, 4.69) is 5.32 Å². The fourth-order valence-corrected chi connectivity index (χ4v) is 1.89. The number of hydrogen-bond acceptors (Lipinski definition) is 3. The molecule has 1 saturated heterocycles. The molecule has 1 aliphatic heterocycles. The number of anilines is 1. The highest BCUT2D eigenvalue weighted by Gasteiger charge is 2.21. The number of nitrogens with two attached hydrogens (primary N) is 1. The van der Waals surface area contributed by atoms with Crippen LogP contribution in [0.25, 0.3) is 0 Å². The molecule has 3 N–H and O–H groups in total. The number of benzene rings is 1. The van der Waals surface area contributed by atoms with Gasteiger partial charge in [0.1, 0.15) is 0 Å². The second-order valence-corrected chi connectivity index (χ2v) is 4.30. The van der Waals surface area contributed by atoms with Crippen LogP contribution >= 0.6 is 0 Å². The van der Waals surface area contributed by atoms with E-state index < -0.39 is 11.6 Å². The first-order valence-electron chi connectivity index (χ1n) is 5.71. The molecule has 6 heteroatoms. The number of ether oxygens (including phenoxy) is 1. The Labute approximate surface area is 103 Å². The second kappa shape index (κ2) is 5.20. The summed E-state index contributed by atoms with van der Waals surface area (Å²) < 4.78 is 31.7. The van der Waals surface area contributed by atoms with Gasteiger partial charge in [-0.1, -0.05) is 0 Å². The number of nitrogen functional groups attached to an aromatic ring is 1. The van der Waals surface area contributed by atoms with Gasteiger partial charge < -0.3 is 15.8 Å². The van der Waals surface area contributed by atoms with Crippen molar-refractivity contribution < 1.29 is 18.3 Å². The first kappa shape index (κ1) is 12.6. The molecule has 1 aromatic rings. The van der Waals surface area contributed by atoms with Crippen molar-refractivity contribution in [3.63, 3.8) is 0 Å². The molecule has 1 amide bonds. The smallest absolute Gasteiger partial charge is 0.220 e. The fourth-order valence-electron chi connectivity index (χ4n) is 1.89. The predicted molar refractivity (Wildman–Crippen MR) is 62.0 cm³/mol. The molecule has 98 valence electrons. The second-order valence-electron chi connectivity index (χ2n) is 4.30. The van der Waals surface area contributed by atoms with Crippen molar-refractivity contribution in [3.8, 4) is 5.75 Å². The summed E-state index contributed by atoms with van der Waals surface area (Å²) in [6, 6.07) is 2.20. The Morgan fingerprint density at radius 1 is 1.44 bits per heavy atom. The molecule has 0 radical (unpaired) electrons. The Kier molecular flexibility index (Phi) is 3.64. The van der Waals surface area contributed by atoms with E-state index in [-0.39, 0.29) is 29.9 Å². The monoisotopic (exact) mass is 256 g/mol. The highest BCUT2D eigenvalue weighted by molar-refractivity contribution is 5.76. The van der Waals surface area contributed by atoms with Gasteiger partial charge >= 0.3 is 0 Å². The number of hydrogen-bond donors (Lipinski definition) is 2. The number of piperidine rings is 1. The topological polar surface area (TPSA) is 64.3 Å². The van der Waals surface area contributed by atoms with Gasteiger partial charge in [0.15, 0.2) is 11.6 Å². The normalized spacial score (nSPS) is 19.4. The lowest BCUT2D eigenvalue weighted by molar-refractivity contribution is -0.123. The lowest BCUT2D eigenvalue weighted by Gasteiger charge is -2.22. The van der Waals surface area contributed by atoms with Crippen molar-refractivity contribution in [2.45, 2.75) is 12.8 Å². The molecule has 1 aliphatic rings. The zero-order valence-corrected chi connectivity index (χ0v) is 9.71. The summed E-state index contributed by atoms with van der Waals surface area (Å²) in [5.41, 5.74) is 5.57. The number of amides is 1. The molecule has 0 aliphatic carbocycles. The number of nitrogens with one attached hydrogen (secondary N) is 1. The molecule has 0 saturated carbocycles. The van der Waals surface area contributed by atoms with Gasteiger partial charge in [0.2, 0.25) is 11.7 Å². The molecule has 1 atom stereocenters. The van der Waals surface area contributed by atoms with Crippen molar-refractivity contribution >= 4 is 11.6 Å². The molecular weight excluding hydrogens is 242 g/mol. The number of halogens is 2. The van der Waals surface area contributed by atoms with Crippen LogP contribution in [-0.2, 0) is 4.79 Å². The molecule has 0 aromatic heterocycles. The van der Waals surface area contributed by atoms with Gasteiger partial charge in [-0.05, 0) is 18.6 Å². The van der Waals surface area contributed by atoms with Gasteiger partial charge in [-0.2, -0.15) is 4.39 Å². The van der Waals surface area contributed by atoms with Crippen LogP contribution in [0.1, 0.15) is 12.8 Å². The average molecular weight is 256 g/mol. The molecular formula is C12H14F2N2O2. The zero-order valence-electron chi connectivity index (χ0n) is 9.71. The largest absolute Gasteiger partial charge is 0.488 e. The Hall–Kier alpha value is -1.85. The van der Waals surface area contributed by atoms with Gasteiger partial charge in [0, 0.05) is 18.9 Å². The Morgan fingerprint density at radius 3 is 2.94 bits per heavy atom.